The Labute approximate surface area is 131 Å². The van der Waals surface area contributed by atoms with Gasteiger partial charge in [-0.1, -0.05) is 18.3 Å². The SMILES string of the molecule is CCCC(=O)Nc1nc2ccc(N=C(N)N=C(N)N)cc2s1. The Morgan fingerprint density at radius 2 is 2.14 bits per heavy atom. The number of amides is 1. The van der Waals surface area contributed by atoms with Gasteiger partial charge in [-0.3, -0.25) is 4.79 Å². The van der Waals surface area contributed by atoms with Crippen LogP contribution in [0.2, 0.25) is 0 Å². The number of nitrogens with two attached hydrogens (primary N) is 3. The monoisotopic (exact) mass is 319 g/mol. The molecule has 22 heavy (non-hydrogen) atoms. The molecule has 0 atom stereocenters. The Kier molecular flexibility index (Phi) is 4.89. The minimum Gasteiger partial charge on any atom is -0.370 e. The molecule has 8 nitrogen and oxygen atoms in total. The quantitative estimate of drug-likeness (QED) is 0.495. The van der Waals surface area contributed by atoms with Crippen molar-refractivity contribution >= 4 is 50.2 Å². The third-order valence-corrected chi connectivity index (χ3v) is 3.52. The minimum atomic E-state index is -0.152. The summed E-state index contributed by atoms with van der Waals surface area (Å²) in [6.45, 7) is 1.95. The summed E-state index contributed by atoms with van der Waals surface area (Å²) in [6, 6.07) is 5.34. The summed E-state index contributed by atoms with van der Waals surface area (Å²) >= 11 is 1.37. The van der Waals surface area contributed by atoms with Gasteiger partial charge in [0.2, 0.25) is 11.9 Å². The number of thiazole rings is 1. The fraction of sp³-hybridized carbons (Fsp3) is 0.231. The molecule has 2 rings (SSSR count). The molecule has 0 radical (unpaired) electrons. The van der Waals surface area contributed by atoms with Crippen LogP contribution in [0.25, 0.3) is 10.2 Å². The number of aliphatic imine (C=N–C) groups is 2. The number of carbonyl (C=O) groups is 1. The maximum atomic E-state index is 11.6. The number of benzene rings is 1. The lowest BCUT2D eigenvalue weighted by Crippen LogP contribution is -2.26. The van der Waals surface area contributed by atoms with Crippen LogP contribution in [0.1, 0.15) is 19.8 Å². The van der Waals surface area contributed by atoms with Crippen molar-refractivity contribution in [2.24, 2.45) is 27.2 Å². The standard InChI is InChI=1S/C13H17N7OS/c1-2-3-10(21)19-13-18-8-5-4-7(6-9(8)22-13)17-12(16)20-11(14)15/h4-6H,2-3H2,1H3,(H,18,19,21)(H6,14,15,16,17,20). The maximum Gasteiger partial charge on any atom is 0.226 e. The Morgan fingerprint density at radius 1 is 1.36 bits per heavy atom. The first-order chi connectivity index (χ1) is 10.5. The van der Waals surface area contributed by atoms with Crippen LogP contribution in [0, 0.1) is 0 Å². The fourth-order valence-electron chi connectivity index (χ4n) is 1.73. The first-order valence-electron chi connectivity index (χ1n) is 6.62. The topological polar surface area (TPSA) is 145 Å². The zero-order valence-electron chi connectivity index (χ0n) is 12.0. The number of rotatable bonds is 4. The molecular formula is C13H17N7OS. The van der Waals surface area contributed by atoms with Crippen molar-refractivity contribution in [2.75, 3.05) is 5.32 Å². The summed E-state index contributed by atoms with van der Waals surface area (Å²) in [5.74, 6) is -0.224. The summed E-state index contributed by atoms with van der Waals surface area (Å²) in [5, 5.41) is 3.33. The highest BCUT2D eigenvalue weighted by atomic mass is 32.1. The number of hydrogen-bond donors (Lipinski definition) is 4. The van der Waals surface area contributed by atoms with Gasteiger partial charge in [-0.05, 0) is 24.6 Å². The van der Waals surface area contributed by atoms with Crippen LogP contribution in [0.3, 0.4) is 0 Å². The molecule has 9 heteroatoms. The Bertz CT molecular complexity index is 746. The molecule has 1 heterocycles. The van der Waals surface area contributed by atoms with Crippen LogP contribution in [0.15, 0.2) is 28.2 Å². The molecule has 0 aliphatic carbocycles. The average Bonchev–Trinajstić information content (AvgIpc) is 2.79. The highest BCUT2D eigenvalue weighted by Gasteiger charge is 2.07. The van der Waals surface area contributed by atoms with Gasteiger partial charge in [-0.15, -0.1) is 0 Å². The molecule has 2 aromatic rings. The van der Waals surface area contributed by atoms with Crippen molar-refractivity contribution in [3.63, 3.8) is 0 Å². The predicted octanol–water partition coefficient (Wildman–Crippen LogP) is 1.25. The van der Waals surface area contributed by atoms with Crippen LogP contribution in [-0.2, 0) is 4.79 Å². The van der Waals surface area contributed by atoms with Crippen molar-refractivity contribution in [2.45, 2.75) is 19.8 Å². The van der Waals surface area contributed by atoms with Crippen LogP contribution >= 0.6 is 11.3 Å². The predicted molar refractivity (Wildman–Crippen MR) is 90.2 cm³/mol. The van der Waals surface area contributed by atoms with E-state index in [1.807, 2.05) is 6.92 Å². The van der Waals surface area contributed by atoms with Gasteiger partial charge in [0.25, 0.3) is 0 Å². The van der Waals surface area contributed by atoms with Crippen LogP contribution < -0.4 is 22.5 Å². The van der Waals surface area contributed by atoms with Gasteiger partial charge in [-0.2, -0.15) is 4.99 Å². The fourth-order valence-corrected chi connectivity index (χ4v) is 2.65. The molecule has 0 saturated heterocycles. The van der Waals surface area contributed by atoms with Gasteiger partial charge in [0, 0.05) is 6.42 Å². The number of anilines is 1. The second kappa shape index (κ2) is 6.85. The van der Waals surface area contributed by atoms with E-state index in [1.165, 1.54) is 11.3 Å². The molecule has 0 spiro atoms. The average molecular weight is 319 g/mol. The molecule has 1 aromatic heterocycles. The molecular weight excluding hydrogens is 302 g/mol. The summed E-state index contributed by atoms with van der Waals surface area (Å²) < 4.78 is 0.880. The maximum absolute atomic E-state index is 11.6. The summed E-state index contributed by atoms with van der Waals surface area (Å²) in [4.78, 5) is 23.7. The molecule has 0 bridgehead atoms. The van der Waals surface area contributed by atoms with Gasteiger partial charge in [-0.25, -0.2) is 9.98 Å². The zero-order chi connectivity index (χ0) is 16.1. The van der Waals surface area contributed by atoms with E-state index in [2.05, 4.69) is 20.3 Å². The van der Waals surface area contributed by atoms with Gasteiger partial charge in [0.15, 0.2) is 11.1 Å². The molecule has 7 N–H and O–H groups in total. The Morgan fingerprint density at radius 3 is 2.82 bits per heavy atom. The van der Waals surface area contributed by atoms with Crippen molar-refractivity contribution < 1.29 is 4.79 Å². The van der Waals surface area contributed by atoms with Gasteiger partial charge in [0.1, 0.15) is 0 Å². The number of fused-ring (bicyclic) bond motifs is 1. The first kappa shape index (κ1) is 15.7. The van der Waals surface area contributed by atoms with Crippen LogP contribution in [-0.4, -0.2) is 22.8 Å². The molecule has 0 saturated carbocycles. The van der Waals surface area contributed by atoms with E-state index < -0.39 is 0 Å². The lowest BCUT2D eigenvalue weighted by molar-refractivity contribution is -0.116. The van der Waals surface area contributed by atoms with Crippen molar-refractivity contribution in [3.8, 4) is 0 Å². The highest BCUT2D eigenvalue weighted by Crippen LogP contribution is 2.29. The summed E-state index contributed by atoms with van der Waals surface area (Å²) in [6.07, 6.45) is 1.26. The molecule has 0 unspecified atom stereocenters. The summed E-state index contributed by atoms with van der Waals surface area (Å²) in [5.41, 5.74) is 17.4. The third-order valence-electron chi connectivity index (χ3n) is 2.58. The molecule has 116 valence electrons. The van der Waals surface area contributed by atoms with Gasteiger partial charge in [0.05, 0.1) is 15.9 Å². The van der Waals surface area contributed by atoms with Crippen molar-refractivity contribution in [3.05, 3.63) is 18.2 Å². The molecule has 1 amide bonds. The van der Waals surface area contributed by atoms with E-state index in [4.69, 9.17) is 17.2 Å². The first-order valence-corrected chi connectivity index (χ1v) is 7.44. The molecule has 0 aliphatic rings. The third kappa shape index (κ3) is 4.16. The number of guanidine groups is 2. The second-order valence-electron chi connectivity index (χ2n) is 4.48. The van der Waals surface area contributed by atoms with E-state index in [0.29, 0.717) is 17.2 Å². The number of hydrogen-bond acceptors (Lipinski definition) is 4. The second-order valence-corrected chi connectivity index (χ2v) is 5.51. The van der Waals surface area contributed by atoms with Gasteiger partial charge >= 0.3 is 0 Å². The molecule has 1 aromatic carbocycles. The normalized spacial score (nSPS) is 11.4. The number of nitrogens with one attached hydrogen (secondary N) is 1. The highest BCUT2D eigenvalue weighted by molar-refractivity contribution is 7.22. The number of nitrogens with zero attached hydrogens (tertiary/aromatic N) is 3. The lowest BCUT2D eigenvalue weighted by Gasteiger charge is -1.97. The van der Waals surface area contributed by atoms with E-state index in [0.717, 1.165) is 16.6 Å². The summed E-state index contributed by atoms with van der Waals surface area (Å²) in [7, 11) is 0. The van der Waals surface area contributed by atoms with E-state index >= 15 is 0 Å². The van der Waals surface area contributed by atoms with Crippen LogP contribution in [0.4, 0.5) is 10.8 Å². The zero-order valence-corrected chi connectivity index (χ0v) is 12.9. The van der Waals surface area contributed by atoms with E-state index in [-0.39, 0.29) is 17.8 Å². The lowest BCUT2D eigenvalue weighted by atomic mass is 10.3. The smallest absolute Gasteiger partial charge is 0.226 e. The molecule has 0 fully saturated rings. The Balaban J connectivity index is 2.24. The van der Waals surface area contributed by atoms with Crippen molar-refractivity contribution in [1.82, 2.24) is 4.98 Å². The largest absolute Gasteiger partial charge is 0.370 e. The molecule has 0 aliphatic heterocycles. The number of carbonyl (C=O) groups excluding carboxylic acids is 1. The Hall–Kier alpha value is -2.68. The van der Waals surface area contributed by atoms with Crippen molar-refractivity contribution in [1.29, 1.82) is 0 Å². The minimum absolute atomic E-state index is 0.0275. The van der Waals surface area contributed by atoms with E-state index in [9.17, 15) is 4.79 Å². The van der Waals surface area contributed by atoms with Gasteiger partial charge < -0.3 is 22.5 Å². The number of aromatic nitrogens is 1. The van der Waals surface area contributed by atoms with E-state index in [1.54, 1.807) is 18.2 Å². The van der Waals surface area contributed by atoms with Crippen LogP contribution in [0.5, 0.6) is 0 Å².